The topological polar surface area (TPSA) is 81.5 Å². The third-order valence-electron chi connectivity index (χ3n) is 4.35. The molecular formula is C19H20N2O4. The standard InChI is InChI=1S/C19H20N2O4/c1-13(19(22)20-15-8-5-9-16(12-15)21(23)24)25-18-11-4-7-14-6-2-3-10-17(14)18/h4-5,7-9,11-13H,2-3,6,10H2,1H3,(H,20,22). The van der Waals surface area contributed by atoms with Crippen LogP contribution < -0.4 is 10.1 Å². The minimum atomic E-state index is -0.701. The summed E-state index contributed by atoms with van der Waals surface area (Å²) in [6, 6.07) is 11.8. The second-order valence-corrected chi connectivity index (χ2v) is 6.16. The van der Waals surface area contributed by atoms with Crippen molar-refractivity contribution in [2.75, 3.05) is 5.32 Å². The molecule has 2 aromatic carbocycles. The Kier molecular flexibility index (Phi) is 4.97. The first-order chi connectivity index (χ1) is 12.0. The fourth-order valence-electron chi connectivity index (χ4n) is 3.04. The highest BCUT2D eigenvalue weighted by Gasteiger charge is 2.20. The molecule has 0 spiro atoms. The molecule has 25 heavy (non-hydrogen) atoms. The van der Waals surface area contributed by atoms with Gasteiger partial charge in [-0.15, -0.1) is 0 Å². The average molecular weight is 340 g/mol. The summed E-state index contributed by atoms with van der Waals surface area (Å²) in [7, 11) is 0. The van der Waals surface area contributed by atoms with E-state index in [1.165, 1.54) is 35.7 Å². The van der Waals surface area contributed by atoms with E-state index in [0.29, 0.717) is 5.69 Å². The highest BCUT2D eigenvalue weighted by Crippen LogP contribution is 2.30. The van der Waals surface area contributed by atoms with Gasteiger partial charge in [0.1, 0.15) is 5.75 Å². The Morgan fingerprint density at radius 3 is 2.76 bits per heavy atom. The van der Waals surface area contributed by atoms with Crippen LogP contribution in [0.2, 0.25) is 0 Å². The van der Waals surface area contributed by atoms with Crippen molar-refractivity contribution in [2.45, 2.75) is 38.7 Å². The van der Waals surface area contributed by atoms with Gasteiger partial charge < -0.3 is 10.1 Å². The van der Waals surface area contributed by atoms with Crippen LogP contribution in [-0.4, -0.2) is 16.9 Å². The third kappa shape index (κ3) is 3.96. The molecule has 0 saturated heterocycles. The van der Waals surface area contributed by atoms with Gasteiger partial charge in [-0.2, -0.15) is 0 Å². The number of ether oxygens (including phenoxy) is 1. The quantitative estimate of drug-likeness (QED) is 0.661. The predicted molar refractivity (Wildman–Crippen MR) is 94.9 cm³/mol. The number of anilines is 1. The first-order valence-electron chi connectivity index (χ1n) is 8.37. The summed E-state index contributed by atoms with van der Waals surface area (Å²) in [6.45, 7) is 1.68. The number of fused-ring (bicyclic) bond motifs is 1. The lowest BCUT2D eigenvalue weighted by Gasteiger charge is -2.22. The molecule has 1 atom stereocenters. The van der Waals surface area contributed by atoms with Gasteiger partial charge in [-0.05, 0) is 55.9 Å². The molecule has 1 aliphatic rings. The van der Waals surface area contributed by atoms with E-state index in [1.54, 1.807) is 13.0 Å². The SMILES string of the molecule is CC(Oc1cccc2c1CCCC2)C(=O)Nc1cccc([N+](=O)[O-])c1. The van der Waals surface area contributed by atoms with Crippen molar-refractivity contribution in [2.24, 2.45) is 0 Å². The van der Waals surface area contributed by atoms with Gasteiger partial charge in [-0.1, -0.05) is 18.2 Å². The van der Waals surface area contributed by atoms with Gasteiger partial charge >= 0.3 is 0 Å². The van der Waals surface area contributed by atoms with E-state index >= 15 is 0 Å². The van der Waals surface area contributed by atoms with Crippen LogP contribution in [0.4, 0.5) is 11.4 Å². The lowest BCUT2D eigenvalue weighted by atomic mass is 9.91. The van der Waals surface area contributed by atoms with Crippen molar-refractivity contribution in [3.8, 4) is 5.75 Å². The van der Waals surface area contributed by atoms with Crippen molar-refractivity contribution < 1.29 is 14.5 Å². The maximum atomic E-state index is 12.4. The Hall–Kier alpha value is -2.89. The van der Waals surface area contributed by atoms with E-state index < -0.39 is 11.0 Å². The second kappa shape index (κ2) is 7.34. The van der Waals surface area contributed by atoms with Crippen LogP contribution in [0.1, 0.15) is 30.9 Å². The molecule has 1 aliphatic carbocycles. The molecule has 0 aliphatic heterocycles. The smallest absolute Gasteiger partial charge is 0.271 e. The lowest BCUT2D eigenvalue weighted by molar-refractivity contribution is -0.384. The van der Waals surface area contributed by atoms with Crippen LogP contribution in [0.3, 0.4) is 0 Å². The number of nitrogens with one attached hydrogen (secondary N) is 1. The largest absolute Gasteiger partial charge is 0.481 e. The van der Waals surface area contributed by atoms with Crippen molar-refractivity contribution in [1.29, 1.82) is 0 Å². The summed E-state index contributed by atoms with van der Waals surface area (Å²) < 4.78 is 5.88. The number of nitro groups is 1. The van der Waals surface area contributed by atoms with Crippen molar-refractivity contribution in [1.82, 2.24) is 0 Å². The number of hydrogen-bond donors (Lipinski definition) is 1. The van der Waals surface area contributed by atoms with E-state index in [2.05, 4.69) is 11.4 Å². The molecule has 2 aromatic rings. The molecule has 3 rings (SSSR count). The molecular weight excluding hydrogens is 320 g/mol. The molecule has 0 fully saturated rings. The van der Waals surface area contributed by atoms with E-state index in [-0.39, 0.29) is 11.6 Å². The zero-order chi connectivity index (χ0) is 17.8. The number of benzene rings is 2. The zero-order valence-electron chi connectivity index (χ0n) is 14.0. The van der Waals surface area contributed by atoms with Gasteiger partial charge in [0.15, 0.2) is 6.10 Å². The normalized spacial score (nSPS) is 14.3. The van der Waals surface area contributed by atoms with E-state index in [1.807, 2.05) is 12.1 Å². The molecule has 0 aromatic heterocycles. The third-order valence-corrected chi connectivity index (χ3v) is 4.35. The Balaban J connectivity index is 1.69. The number of non-ortho nitro benzene ring substituents is 1. The Labute approximate surface area is 146 Å². The molecule has 6 nitrogen and oxygen atoms in total. The first-order valence-corrected chi connectivity index (χ1v) is 8.37. The monoisotopic (exact) mass is 340 g/mol. The number of carbonyl (C=O) groups is 1. The average Bonchev–Trinajstić information content (AvgIpc) is 2.62. The number of nitrogens with zero attached hydrogens (tertiary/aromatic N) is 1. The minimum Gasteiger partial charge on any atom is -0.481 e. The summed E-state index contributed by atoms with van der Waals surface area (Å²) in [6.07, 6.45) is 3.61. The molecule has 6 heteroatoms. The van der Waals surface area contributed by atoms with Crippen molar-refractivity contribution in [3.63, 3.8) is 0 Å². The number of amides is 1. The van der Waals surface area contributed by atoms with Gasteiger partial charge in [0.05, 0.1) is 4.92 Å². The van der Waals surface area contributed by atoms with Gasteiger partial charge in [-0.25, -0.2) is 0 Å². The lowest BCUT2D eigenvalue weighted by Crippen LogP contribution is -2.30. The Morgan fingerprint density at radius 2 is 1.96 bits per heavy atom. The number of rotatable bonds is 5. The summed E-state index contributed by atoms with van der Waals surface area (Å²) >= 11 is 0. The van der Waals surface area contributed by atoms with Gasteiger partial charge in [0, 0.05) is 17.8 Å². The zero-order valence-corrected chi connectivity index (χ0v) is 14.0. The van der Waals surface area contributed by atoms with Crippen LogP contribution in [0.15, 0.2) is 42.5 Å². The number of nitro benzene ring substituents is 1. The summed E-state index contributed by atoms with van der Waals surface area (Å²) in [5.41, 5.74) is 2.78. The molecule has 1 unspecified atom stereocenters. The van der Waals surface area contributed by atoms with Crippen LogP contribution in [0, 0.1) is 10.1 Å². The van der Waals surface area contributed by atoms with E-state index in [4.69, 9.17) is 4.74 Å². The Morgan fingerprint density at radius 1 is 1.20 bits per heavy atom. The summed E-state index contributed by atoms with van der Waals surface area (Å²) in [5, 5.41) is 13.5. The van der Waals surface area contributed by atoms with Crippen LogP contribution in [-0.2, 0) is 17.6 Å². The van der Waals surface area contributed by atoms with Gasteiger partial charge in [0.25, 0.3) is 11.6 Å². The fraction of sp³-hybridized carbons (Fsp3) is 0.316. The molecule has 130 valence electrons. The van der Waals surface area contributed by atoms with Crippen molar-refractivity contribution in [3.05, 3.63) is 63.7 Å². The number of hydrogen-bond acceptors (Lipinski definition) is 4. The molecule has 1 N–H and O–H groups in total. The van der Waals surface area contributed by atoms with Crippen LogP contribution in [0.25, 0.3) is 0 Å². The van der Waals surface area contributed by atoms with Crippen molar-refractivity contribution >= 4 is 17.3 Å². The molecule has 0 heterocycles. The molecule has 0 saturated carbocycles. The van der Waals surface area contributed by atoms with Gasteiger partial charge in [-0.3, -0.25) is 14.9 Å². The fourth-order valence-corrected chi connectivity index (χ4v) is 3.04. The maximum absolute atomic E-state index is 12.4. The highest BCUT2D eigenvalue weighted by molar-refractivity contribution is 5.94. The number of aryl methyl sites for hydroxylation is 1. The molecule has 0 bridgehead atoms. The summed E-state index contributed by atoms with van der Waals surface area (Å²) in [4.78, 5) is 22.7. The predicted octanol–water partition coefficient (Wildman–Crippen LogP) is 3.88. The first kappa shape index (κ1) is 17.0. The molecule has 1 amide bonds. The minimum absolute atomic E-state index is 0.0662. The van der Waals surface area contributed by atoms with Crippen LogP contribution >= 0.6 is 0 Å². The highest BCUT2D eigenvalue weighted by atomic mass is 16.6. The maximum Gasteiger partial charge on any atom is 0.271 e. The van der Waals surface area contributed by atoms with Crippen LogP contribution in [0.5, 0.6) is 5.75 Å². The Bertz CT molecular complexity index is 804. The second-order valence-electron chi connectivity index (χ2n) is 6.16. The van der Waals surface area contributed by atoms with E-state index in [0.717, 1.165) is 25.0 Å². The van der Waals surface area contributed by atoms with E-state index in [9.17, 15) is 14.9 Å². The summed E-state index contributed by atoms with van der Waals surface area (Å²) in [5.74, 6) is 0.410. The molecule has 0 radical (unpaired) electrons. The number of carbonyl (C=O) groups excluding carboxylic acids is 1. The van der Waals surface area contributed by atoms with Gasteiger partial charge in [0.2, 0.25) is 0 Å².